The smallest absolute Gasteiger partial charge is 0.262 e. The van der Waals surface area contributed by atoms with Gasteiger partial charge in [-0.05, 0) is 56.5 Å². The number of rotatable bonds is 4. The second-order valence-electron chi connectivity index (χ2n) is 8.17. The molecule has 0 atom stereocenters. The number of carbonyl (C=O) groups excluding carboxylic acids is 1. The Bertz CT molecular complexity index is 1370. The van der Waals surface area contributed by atoms with E-state index in [1.165, 1.54) is 26.5 Å². The molecule has 3 heterocycles. The van der Waals surface area contributed by atoms with Crippen LogP contribution in [0, 0.1) is 27.7 Å². The van der Waals surface area contributed by atoms with E-state index in [0.717, 1.165) is 21.6 Å². The number of benzene rings is 1. The lowest BCUT2D eigenvalue weighted by Crippen LogP contribution is -2.51. The molecular weight excluding hydrogens is 448 g/mol. The first-order valence-electron chi connectivity index (χ1n) is 10.4. The summed E-state index contributed by atoms with van der Waals surface area (Å²) in [4.78, 5) is 33.6. The van der Waals surface area contributed by atoms with E-state index >= 15 is 0 Å². The van der Waals surface area contributed by atoms with Gasteiger partial charge in [0.2, 0.25) is 15.9 Å². The summed E-state index contributed by atoms with van der Waals surface area (Å²) in [5.41, 5.74) is 2.64. The van der Waals surface area contributed by atoms with Crippen molar-refractivity contribution in [1.82, 2.24) is 18.8 Å². The van der Waals surface area contributed by atoms with E-state index in [0.29, 0.717) is 10.2 Å². The van der Waals surface area contributed by atoms with Crippen LogP contribution < -0.4 is 5.56 Å². The lowest BCUT2D eigenvalue weighted by Gasteiger charge is -2.34. The Morgan fingerprint density at radius 2 is 1.75 bits per heavy atom. The molecule has 3 aromatic rings. The van der Waals surface area contributed by atoms with Gasteiger partial charge in [-0.1, -0.05) is 6.07 Å². The van der Waals surface area contributed by atoms with E-state index in [1.54, 1.807) is 23.1 Å². The van der Waals surface area contributed by atoms with Gasteiger partial charge in [0, 0.05) is 31.1 Å². The number of aromatic nitrogens is 2. The summed E-state index contributed by atoms with van der Waals surface area (Å²) in [6.07, 6.45) is 1.42. The van der Waals surface area contributed by atoms with Gasteiger partial charge in [-0.2, -0.15) is 4.31 Å². The fraction of sp³-hybridized carbons (Fsp3) is 0.409. The molecular formula is C22H26N4O4S2. The maximum atomic E-state index is 13.0. The Hall–Kier alpha value is -2.56. The van der Waals surface area contributed by atoms with Crippen molar-refractivity contribution in [2.24, 2.45) is 0 Å². The molecule has 170 valence electrons. The van der Waals surface area contributed by atoms with Gasteiger partial charge in [0.1, 0.15) is 11.4 Å². The maximum Gasteiger partial charge on any atom is 0.262 e. The summed E-state index contributed by atoms with van der Waals surface area (Å²) < 4.78 is 28.7. The van der Waals surface area contributed by atoms with Gasteiger partial charge in [-0.25, -0.2) is 13.4 Å². The van der Waals surface area contributed by atoms with Crippen molar-refractivity contribution in [2.45, 2.75) is 39.1 Å². The molecule has 1 aliphatic rings. The van der Waals surface area contributed by atoms with E-state index in [-0.39, 0.29) is 49.1 Å². The summed E-state index contributed by atoms with van der Waals surface area (Å²) in [6.45, 7) is 8.55. The van der Waals surface area contributed by atoms with Crippen molar-refractivity contribution in [2.75, 3.05) is 26.2 Å². The maximum absolute atomic E-state index is 13.0. The highest BCUT2D eigenvalue weighted by Crippen LogP contribution is 2.25. The third-order valence-electron chi connectivity index (χ3n) is 6.17. The second-order valence-corrected chi connectivity index (χ2v) is 11.3. The highest BCUT2D eigenvalue weighted by Gasteiger charge is 2.30. The third-order valence-corrected chi connectivity index (χ3v) is 9.18. The molecule has 0 bridgehead atoms. The lowest BCUT2D eigenvalue weighted by atomic mass is 10.1. The summed E-state index contributed by atoms with van der Waals surface area (Å²) in [6, 6.07) is 5.12. The number of piperazine rings is 1. The van der Waals surface area contributed by atoms with Crippen LogP contribution in [0.3, 0.4) is 0 Å². The zero-order valence-corrected chi connectivity index (χ0v) is 20.2. The fourth-order valence-electron chi connectivity index (χ4n) is 3.83. The quantitative estimate of drug-likeness (QED) is 0.578. The van der Waals surface area contributed by atoms with Crippen molar-refractivity contribution in [3.63, 3.8) is 0 Å². The molecule has 4 rings (SSSR count). The zero-order valence-electron chi connectivity index (χ0n) is 18.6. The first-order valence-corrected chi connectivity index (χ1v) is 12.7. The van der Waals surface area contributed by atoms with Crippen molar-refractivity contribution in [3.8, 4) is 0 Å². The molecule has 10 heteroatoms. The minimum Gasteiger partial charge on any atom is -0.338 e. The molecule has 1 amide bonds. The van der Waals surface area contributed by atoms with Crippen molar-refractivity contribution >= 4 is 37.5 Å². The number of aryl methyl sites for hydroxylation is 4. The van der Waals surface area contributed by atoms with Gasteiger partial charge in [-0.15, -0.1) is 11.3 Å². The Balaban J connectivity index is 1.45. The molecule has 1 saturated heterocycles. The molecule has 0 unspecified atom stereocenters. The van der Waals surface area contributed by atoms with Crippen molar-refractivity contribution in [3.05, 3.63) is 56.4 Å². The average Bonchev–Trinajstić information content (AvgIpc) is 3.06. The first-order chi connectivity index (χ1) is 15.1. The Kier molecular flexibility index (Phi) is 5.95. The standard InChI is InChI=1S/C22H26N4O4S2/c1-14-5-6-18(11-15(14)2)32(29,30)26-9-7-24(8-10-26)19(27)12-25-13-23-21-20(22(25)28)16(3)17(4)31-21/h5-6,11,13H,7-10,12H2,1-4H3. The van der Waals surface area contributed by atoms with Crippen LogP contribution in [0.1, 0.15) is 21.6 Å². The summed E-state index contributed by atoms with van der Waals surface area (Å²) in [5, 5.41) is 0.562. The van der Waals surface area contributed by atoms with E-state index < -0.39 is 10.0 Å². The van der Waals surface area contributed by atoms with Gasteiger partial charge in [-0.3, -0.25) is 14.2 Å². The van der Waals surface area contributed by atoms with Crippen LogP contribution in [0.25, 0.3) is 10.2 Å². The molecule has 0 N–H and O–H groups in total. The molecule has 2 aromatic heterocycles. The largest absolute Gasteiger partial charge is 0.338 e. The number of nitrogens with zero attached hydrogens (tertiary/aromatic N) is 4. The normalized spacial score (nSPS) is 15.4. The number of carbonyl (C=O) groups is 1. The summed E-state index contributed by atoms with van der Waals surface area (Å²) >= 11 is 1.47. The predicted octanol–water partition coefficient (Wildman–Crippen LogP) is 2.22. The van der Waals surface area contributed by atoms with E-state index in [9.17, 15) is 18.0 Å². The van der Waals surface area contributed by atoms with Crippen LogP contribution in [-0.2, 0) is 21.4 Å². The summed E-state index contributed by atoms with van der Waals surface area (Å²) in [7, 11) is -3.61. The molecule has 1 aromatic carbocycles. The number of fused-ring (bicyclic) bond motifs is 1. The molecule has 1 fully saturated rings. The van der Waals surface area contributed by atoms with Crippen LogP contribution >= 0.6 is 11.3 Å². The van der Waals surface area contributed by atoms with Gasteiger partial charge in [0.25, 0.3) is 5.56 Å². The second kappa shape index (κ2) is 8.42. The number of sulfonamides is 1. The van der Waals surface area contributed by atoms with E-state index in [1.807, 2.05) is 27.7 Å². The fourth-order valence-corrected chi connectivity index (χ4v) is 6.32. The van der Waals surface area contributed by atoms with Crippen LogP contribution in [0.4, 0.5) is 0 Å². The van der Waals surface area contributed by atoms with Gasteiger partial charge in [0.05, 0.1) is 16.6 Å². The van der Waals surface area contributed by atoms with Gasteiger partial charge < -0.3 is 4.90 Å². The number of hydrogen-bond donors (Lipinski definition) is 0. The van der Waals surface area contributed by atoms with Crippen molar-refractivity contribution < 1.29 is 13.2 Å². The molecule has 0 spiro atoms. The minimum atomic E-state index is -3.61. The number of thiophene rings is 1. The SMILES string of the molecule is Cc1ccc(S(=O)(=O)N2CCN(C(=O)Cn3cnc4sc(C)c(C)c4c3=O)CC2)cc1C. The predicted molar refractivity (Wildman–Crippen MR) is 125 cm³/mol. The highest BCUT2D eigenvalue weighted by atomic mass is 32.2. The highest BCUT2D eigenvalue weighted by molar-refractivity contribution is 7.89. The molecule has 0 aliphatic carbocycles. The summed E-state index contributed by atoms with van der Waals surface area (Å²) in [5.74, 6) is -0.221. The van der Waals surface area contributed by atoms with E-state index in [2.05, 4.69) is 4.98 Å². The topological polar surface area (TPSA) is 92.6 Å². The average molecular weight is 475 g/mol. The zero-order chi connectivity index (χ0) is 23.2. The van der Waals surface area contributed by atoms with Gasteiger partial charge in [0.15, 0.2) is 0 Å². The Morgan fingerprint density at radius 3 is 2.41 bits per heavy atom. The Labute approximate surface area is 191 Å². The van der Waals surface area contributed by atoms with Crippen molar-refractivity contribution in [1.29, 1.82) is 0 Å². The molecule has 32 heavy (non-hydrogen) atoms. The van der Waals surface area contributed by atoms with Crippen LogP contribution in [0.15, 0.2) is 34.2 Å². The monoisotopic (exact) mass is 474 g/mol. The lowest BCUT2D eigenvalue weighted by molar-refractivity contribution is -0.133. The van der Waals surface area contributed by atoms with Crippen LogP contribution in [-0.4, -0.2) is 59.3 Å². The van der Waals surface area contributed by atoms with E-state index in [4.69, 9.17) is 0 Å². The molecule has 1 aliphatic heterocycles. The molecule has 0 radical (unpaired) electrons. The van der Waals surface area contributed by atoms with Gasteiger partial charge >= 0.3 is 0 Å². The first kappa shape index (κ1) is 22.6. The van der Waals surface area contributed by atoms with Crippen LogP contribution in [0.2, 0.25) is 0 Å². The Morgan fingerprint density at radius 1 is 1.06 bits per heavy atom. The number of amides is 1. The minimum absolute atomic E-state index is 0.111. The molecule has 0 saturated carbocycles. The van der Waals surface area contributed by atoms with Crippen LogP contribution in [0.5, 0.6) is 0 Å². The third kappa shape index (κ3) is 3.98. The number of hydrogen-bond acceptors (Lipinski definition) is 6. The molecule has 8 nitrogen and oxygen atoms in total.